The zero-order valence-electron chi connectivity index (χ0n) is 18.8. The minimum atomic E-state index is -0.102. The van der Waals surface area contributed by atoms with Crippen LogP contribution >= 0.6 is 0 Å². The number of likely N-dealkylation sites (tertiary alicyclic amines) is 1. The number of aliphatic hydroxyl groups excluding tert-OH is 1. The fourth-order valence-electron chi connectivity index (χ4n) is 4.20. The zero-order chi connectivity index (χ0) is 21.7. The Morgan fingerprint density at radius 2 is 1.61 bits per heavy atom. The number of nitrogens with zero attached hydrogens (tertiary/aromatic N) is 2. The van der Waals surface area contributed by atoms with Crippen LogP contribution < -0.4 is 10.6 Å². The zero-order valence-corrected chi connectivity index (χ0v) is 18.8. The van der Waals surface area contributed by atoms with Crippen molar-refractivity contribution in [3.05, 3.63) is 71.8 Å². The number of aliphatic imine (C=N–C) groups is 1. The fourth-order valence-corrected chi connectivity index (χ4v) is 4.20. The molecular weight excluding hydrogens is 384 g/mol. The van der Waals surface area contributed by atoms with Crippen LogP contribution in [0.25, 0.3) is 0 Å². The van der Waals surface area contributed by atoms with Gasteiger partial charge in [-0.2, -0.15) is 0 Å². The highest BCUT2D eigenvalue weighted by molar-refractivity contribution is 5.79. The van der Waals surface area contributed by atoms with Gasteiger partial charge < -0.3 is 20.6 Å². The third-order valence-corrected chi connectivity index (χ3v) is 5.93. The second-order valence-electron chi connectivity index (χ2n) is 8.28. The lowest BCUT2D eigenvalue weighted by Gasteiger charge is -2.29. The minimum Gasteiger partial charge on any atom is -0.393 e. The number of aliphatic hydroxyl groups is 1. The van der Waals surface area contributed by atoms with Crippen LogP contribution in [0.15, 0.2) is 65.7 Å². The average molecular weight is 423 g/mol. The topological polar surface area (TPSA) is 59.9 Å². The molecular formula is C26H38N4O. The van der Waals surface area contributed by atoms with Crippen LogP contribution in [0.2, 0.25) is 0 Å². The summed E-state index contributed by atoms with van der Waals surface area (Å²) in [5.41, 5.74) is 2.70. The van der Waals surface area contributed by atoms with E-state index < -0.39 is 0 Å². The SMILES string of the molecule is CCNC(=NCCCN1CCC(O)CC1)NCCC(c1ccccc1)c1ccccc1. The summed E-state index contributed by atoms with van der Waals surface area (Å²) >= 11 is 0. The highest BCUT2D eigenvalue weighted by atomic mass is 16.3. The molecule has 2 aromatic rings. The molecule has 0 spiro atoms. The van der Waals surface area contributed by atoms with Crippen molar-refractivity contribution in [2.45, 2.75) is 44.6 Å². The van der Waals surface area contributed by atoms with Gasteiger partial charge in [-0.25, -0.2) is 0 Å². The summed E-state index contributed by atoms with van der Waals surface area (Å²) in [6.07, 6.45) is 3.75. The van der Waals surface area contributed by atoms with E-state index in [4.69, 9.17) is 4.99 Å². The predicted octanol–water partition coefficient (Wildman–Crippen LogP) is 3.61. The Morgan fingerprint density at radius 1 is 1.00 bits per heavy atom. The maximum Gasteiger partial charge on any atom is 0.191 e. The smallest absolute Gasteiger partial charge is 0.191 e. The molecule has 0 unspecified atom stereocenters. The van der Waals surface area contributed by atoms with Crippen molar-refractivity contribution in [3.8, 4) is 0 Å². The second-order valence-corrected chi connectivity index (χ2v) is 8.28. The Labute approximate surface area is 187 Å². The molecule has 0 amide bonds. The molecule has 1 saturated heterocycles. The summed E-state index contributed by atoms with van der Waals surface area (Å²) < 4.78 is 0. The van der Waals surface area contributed by atoms with Crippen molar-refractivity contribution in [2.24, 2.45) is 4.99 Å². The Kier molecular flexibility index (Phi) is 9.87. The van der Waals surface area contributed by atoms with Crippen LogP contribution in [0.5, 0.6) is 0 Å². The van der Waals surface area contributed by atoms with Crippen molar-refractivity contribution >= 4 is 5.96 Å². The monoisotopic (exact) mass is 422 g/mol. The van der Waals surface area contributed by atoms with Gasteiger partial charge in [0, 0.05) is 38.6 Å². The lowest BCUT2D eigenvalue weighted by atomic mass is 9.88. The molecule has 0 aromatic heterocycles. The molecule has 0 bridgehead atoms. The second kappa shape index (κ2) is 13.1. The molecule has 1 fully saturated rings. The number of guanidine groups is 1. The highest BCUT2D eigenvalue weighted by Gasteiger charge is 2.16. The van der Waals surface area contributed by atoms with E-state index in [1.807, 2.05) is 0 Å². The number of rotatable bonds is 10. The average Bonchev–Trinajstić information content (AvgIpc) is 2.81. The van der Waals surface area contributed by atoms with Crippen molar-refractivity contribution in [1.29, 1.82) is 0 Å². The Balaban J connectivity index is 1.49. The highest BCUT2D eigenvalue weighted by Crippen LogP contribution is 2.27. The molecule has 31 heavy (non-hydrogen) atoms. The van der Waals surface area contributed by atoms with Gasteiger partial charge in [0.05, 0.1) is 6.10 Å². The molecule has 5 heteroatoms. The molecule has 1 aliphatic rings. The molecule has 1 heterocycles. The molecule has 0 aliphatic carbocycles. The maximum atomic E-state index is 9.63. The van der Waals surface area contributed by atoms with Gasteiger partial charge in [-0.1, -0.05) is 60.7 Å². The van der Waals surface area contributed by atoms with Crippen LogP contribution in [-0.2, 0) is 0 Å². The molecule has 2 aromatic carbocycles. The molecule has 0 atom stereocenters. The predicted molar refractivity (Wildman–Crippen MR) is 130 cm³/mol. The van der Waals surface area contributed by atoms with Crippen molar-refractivity contribution in [3.63, 3.8) is 0 Å². The first-order valence-corrected chi connectivity index (χ1v) is 11.8. The number of nitrogens with one attached hydrogen (secondary N) is 2. The van der Waals surface area contributed by atoms with E-state index in [0.29, 0.717) is 5.92 Å². The van der Waals surface area contributed by atoms with Gasteiger partial charge in [0.2, 0.25) is 0 Å². The third kappa shape index (κ3) is 8.00. The van der Waals surface area contributed by atoms with Gasteiger partial charge in [0.1, 0.15) is 0 Å². The molecule has 5 nitrogen and oxygen atoms in total. The van der Waals surface area contributed by atoms with Gasteiger partial charge in [0.15, 0.2) is 5.96 Å². The largest absolute Gasteiger partial charge is 0.393 e. The van der Waals surface area contributed by atoms with E-state index in [1.54, 1.807) is 0 Å². The first kappa shape index (κ1) is 23.3. The quantitative estimate of drug-likeness (QED) is 0.311. The summed E-state index contributed by atoms with van der Waals surface area (Å²) in [5.74, 6) is 1.27. The molecule has 0 radical (unpaired) electrons. The number of benzene rings is 2. The molecule has 168 valence electrons. The summed E-state index contributed by atoms with van der Waals surface area (Å²) in [4.78, 5) is 7.21. The first-order valence-electron chi connectivity index (χ1n) is 11.8. The van der Waals surface area contributed by atoms with Gasteiger partial charge >= 0.3 is 0 Å². The van der Waals surface area contributed by atoms with Crippen molar-refractivity contribution in [2.75, 3.05) is 39.3 Å². The van der Waals surface area contributed by atoms with Gasteiger partial charge in [0.25, 0.3) is 0 Å². The van der Waals surface area contributed by atoms with Crippen molar-refractivity contribution < 1.29 is 5.11 Å². The summed E-state index contributed by atoms with van der Waals surface area (Å²) in [5, 5.41) is 16.5. The van der Waals surface area contributed by atoms with Crippen molar-refractivity contribution in [1.82, 2.24) is 15.5 Å². The van der Waals surface area contributed by atoms with E-state index in [2.05, 4.69) is 83.1 Å². The standard InChI is InChI=1S/C26H38N4O/c1-2-27-26(28-17-9-19-30-20-15-24(31)16-21-30)29-18-14-25(22-10-5-3-6-11-22)23-12-7-4-8-13-23/h3-8,10-13,24-25,31H,2,9,14-21H2,1H3,(H2,27,28,29). The van der Waals surface area contributed by atoms with Crippen LogP contribution in [0, 0.1) is 0 Å². The normalized spacial score (nSPS) is 15.9. The number of hydrogen-bond acceptors (Lipinski definition) is 3. The van der Waals surface area contributed by atoms with Crippen LogP contribution in [0.1, 0.15) is 49.7 Å². The maximum absolute atomic E-state index is 9.63. The number of hydrogen-bond donors (Lipinski definition) is 3. The Hall–Kier alpha value is -2.37. The van der Waals surface area contributed by atoms with Gasteiger partial charge in [-0.05, 0) is 50.3 Å². The Bertz CT molecular complexity index is 718. The molecule has 3 rings (SSSR count). The minimum absolute atomic E-state index is 0.102. The summed E-state index contributed by atoms with van der Waals surface area (Å²) in [6.45, 7) is 7.70. The van der Waals surface area contributed by atoms with Gasteiger partial charge in [-0.15, -0.1) is 0 Å². The molecule has 0 saturated carbocycles. The van der Waals surface area contributed by atoms with E-state index in [-0.39, 0.29) is 6.10 Å². The van der Waals surface area contributed by atoms with Gasteiger partial charge in [-0.3, -0.25) is 4.99 Å². The van der Waals surface area contributed by atoms with E-state index in [1.165, 1.54) is 11.1 Å². The third-order valence-electron chi connectivity index (χ3n) is 5.93. The van der Waals surface area contributed by atoms with Crippen LogP contribution in [0.4, 0.5) is 0 Å². The first-order chi connectivity index (χ1) is 15.3. The molecule has 3 N–H and O–H groups in total. The fraction of sp³-hybridized carbons (Fsp3) is 0.500. The van der Waals surface area contributed by atoms with E-state index in [9.17, 15) is 5.11 Å². The Morgan fingerprint density at radius 3 is 2.19 bits per heavy atom. The summed E-state index contributed by atoms with van der Waals surface area (Å²) in [7, 11) is 0. The van der Waals surface area contributed by atoms with E-state index >= 15 is 0 Å². The lowest BCUT2D eigenvalue weighted by Crippen LogP contribution is -2.39. The lowest BCUT2D eigenvalue weighted by molar-refractivity contribution is 0.0824. The van der Waals surface area contributed by atoms with E-state index in [0.717, 1.165) is 70.9 Å². The number of piperidine rings is 1. The van der Waals surface area contributed by atoms with Crippen LogP contribution in [0.3, 0.4) is 0 Å². The molecule has 1 aliphatic heterocycles. The van der Waals surface area contributed by atoms with Crippen LogP contribution in [-0.4, -0.2) is 61.3 Å². The summed E-state index contributed by atoms with van der Waals surface area (Å²) in [6, 6.07) is 21.5.